The fourth-order valence-electron chi connectivity index (χ4n) is 2.91. The van der Waals surface area contributed by atoms with Crippen molar-refractivity contribution < 1.29 is 4.79 Å². The molecule has 1 aromatic carbocycles. The topological polar surface area (TPSA) is 58.4 Å². The van der Waals surface area contributed by atoms with Crippen LogP contribution in [0.1, 0.15) is 34.1 Å². The van der Waals surface area contributed by atoms with Gasteiger partial charge >= 0.3 is 0 Å². The molecular weight excluding hydrogens is 282 g/mol. The number of fused-ring (bicyclic) bond motifs is 1. The number of amides is 1. The molecule has 5 heteroatoms. The third-order valence-electron chi connectivity index (χ3n) is 4.09. The largest absolute Gasteiger partial charge is 0.364 e. The molecule has 21 heavy (non-hydrogen) atoms. The number of hydrazine groups is 1. The van der Waals surface area contributed by atoms with Crippen LogP contribution in [-0.2, 0) is 13.0 Å². The molecule has 0 bridgehead atoms. The Hall–Kier alpha value is -1.85. The molecule has 110 valence electrons. The van der Waals surface area contributed by atoms with E-state index in [-0.39, 0.29) is 5.91 Å². The SMILES string of the molecule is CC1CCc2ccccc2N1Cc1ccsc1C(=O)NN. The second kappa shape index (κ2) is 5.87. The summed E-state index contributed by atoms with van der Waals surface area (Å²) < 4.78 is 0. The Kier molecular flexibility index (Phi) is 3.94. The van der Waals surface area contributed by atoms with Crippen LogP contribution < -0.4 is 16.2 Å². The summed E-state index contributed by atoms with van der Waals surface area (Å²) in [7, 11) is 0. The Morgan fingerprint density at radius 2 is 2.24 bits per heavy atom. The smallest absolute Gasteiger partial charge is 0.275 e. The minimum absolute atomic E-state index is 0.210. The van der Waals surface area contributed by atoms with Gasteiger partial charge in [0.2, 0.25) is 0 Å². The standard InChI is InChI=1S/C16H19N3OS/c1-11-6-7-12-4-2-3-5-14(12)19(11)10-13-8-9-21-15(13)16(20)18-17/h2-5,8-9,11H,6-7,10,17H2,1H3,(H,18,20). The Labute approximate surface area is 128 Å². The molecule has 1 unspecified atom stereocenters. The highest BCUT2D eigenvalue weighted by Gasteiger charge is 2.24. The lowest BCUT2D eigenvalue weighted by Gasteiger charge is -2.37. The Bertz CT molecular complexity index is 652. The fourth-order valence-corrected chi connectivity index (χ4v) is 3.73. The van der Waals surface area contributed by atoms with Crippen LogP contribution in [0.3, 0.4) is 0 Å². The molecule has 3 N–H and O–H groups in total. The summed E-state index contributed by atoms with van der Waals surface area (Å²) >= 11 is 1.43. The van der Waals surface area contributed by atoms with E-state index in [0.717, 1.165) is 24.9 Å². The molecule has 2 heterocycles. The summed E-state index contributed by atoms with van der Waals surface area (Å²) in [6.07, 6.45) is 2.26. The van der Waals surface area contributed by atoms with Crippen LogP contribution in [0, 0.1) is 0 Å². The van der Waals surface area contributed by atoms with Crippen molar-refractivity contribution in [1.29, 1.82) is 0 Å². The Morgan fingerprint density at radius 1 is 1.43 bits per heavy atom. The van der Waals surface area contributed by atoms with Crippen molar-refractivity contribution in [3.8, 4) is 0 Å². The number of nitrogen functional groups attached to an aromatic ring is 1. The molecule has 1 aliphatic heterocycles. The van der Waals surface area contributed by atoms with Gasteiger partial charge in [-0.05, 0) is 48.4 Å². The van der Waals surface area contributed by atoms with E-state index in [2.05, 4.69) is 41.5 Å². The van der Waals surface area contributed by atoms with Gasteiger partial charge in [0.25, 0.3) is 5.91 Å². The van der Waals surface area contributed by atoms with Gasteiger partial charge in [-0.25, -0.2) is 5.84 Å². The van der Waals surface area contributed by atoms with Gasteiger partial charge in [0.1, 0.15) is 0 Å². The molecule has 1 aromatic heterocycles. The van der Waals surface area contributed by atoms with Gasteiger partial charge in [0.15, 0.2) is 0 Å². The number of carbonyl (C=O) groups is 1. The molecule has 0 fully saturated rings. The highest BCUT2D eigenvalue weighted by Crippen LogP contribution is 2.32. The van der Waals surface area contributed by atoms with Crippen LogP contribution in [0.5, 0.6) is 0 Å². The fraction of sp³-hybridized carbons (Fsp3) is 0.312. The first kappa shape index (κ1) is 14.1. The number of nitrogens with one attached hydrogen (secondary N) is 1. The molecule has 1 atom stereocenters. The van der Waals surface area contributed by atoms with Gasteiger partial charge in [-0.3, -0.25) is 10.2 Å². The number of hydrogen-bond donors (Lipinski definition) is 2. The molecule has 0 aliphatic carbocycles. The summed E-state index contributed by atoms with van der Waals surface area (Å²) in [6, 6.07) is 11.0. The second-order valence-corrected chi connectivity index (χ2v) is 6.31. The number of rotatable bonds is 3. The van der Waals surface area contributed by atoms with Gasteiger partial charge in [0, 0.05) is 18.3 Å². The van der Waals surface area contributed by atoms with E-state index in [9.17, 15) is 4.79 Å². The highest BCUT2D eigenvalue weighted by molar-refractivity contribution is 7.12. The molecule has 0 saturated carbocycles. The number of nitrogens with zero attached hydrogens (tertiary/aromatic N) is 1. The maximum atomic E-state index is 11.8. The van der Waals surface area contributed by atoms with E-state index >= 15 is 0 Å². The number of thiophene rings is 1. The van der Waals surface area contributed by atoms with Crippen molar-refractivity contribution in [2.24, 2.45) is 5.84 Å². The predicted octanol–water partition coefficient (Wildman–Crippen LogP) is 2.69. The van der Waals surface area contributed by atoms with Gasteiger partial charge in [-0.2, -0.15) is 0 Å². The highest BCUT2D eigenvalue weighted by atomic mass is 32.1. The molecule has 3 rings (SSSR count). The molecule has 0 saturated heterocycles. The number of benzene rings is 1. The lowest BCUT2D eigenvalue weighted by molar-refractivity contribution is 0.0957. The monoisotopic (exact) mass is 301 g/mol. The summed E-state index contributed by atoms with van der Waals surface area (Å²) in [5.41, 5.74) is 5.93. The summed E-state index contributed by atoms with van der Waals surface area (Å²) in [5, 5.41) is 1.94. The van der Waals surface area contributed by atoms with E-state index in [4.69, 9.17) is 5.84 Å². The zero-order valence-corrected chi connectivity index (χ0v) is 12.8. The normalized spacial score (nSPS) is 17.4. The molecule has 1 amide bonds. The van der Waals surface area contributed by atoms with Crippen molar-refractivity contribution >= 4 is 22.9 Å². The van der Waals surface area contributed by atoms with Gasteiger partial charge < -0.3 is 4.90 Å². The van der Waals surface area contributed by atoms with Crippen molar-refractivity contribution in [2.45, 2.75) is 32.4 Å². The Morgan fingerprint density at radius 3 is 3.05 bits per heavy atom. The molecule has 0 radical (unpaired) electrons. The molecule has 4 nitrogen and oxygen atoms in total. The lowest BCUT2D eigenvalue weighted by Crippen LogP contribution is -2.37. The minimum Gasteiger partial charge on any atom is -0.364 e. The van der Waals surface area contributed by atoms with Crippen LogP contribution >= 0.6 is 11.3 Å². The summed E-state index contributed by atoms with van der Waals surface area (Å²) in [5.74, 6) is 5.05. The number of aryl methyl sites for hydroxylation is 1. The number of para-hydroxylation sites is 1. The zero-order valence-electron chi connectivity index (χ0n) is 12.0. The quantitative estimate of drug-likeness (QED) is 0.520. The second-order valence-electron chi connectivity index (χ2n) is 5.39. The molecule has 0 spiro atoms. The van der Waals surface area contributed by atoms with Crippen LogP contribution in [0.2, 0.25) is 0 Å². The van der Waals surface area contributed by atoms with Crippen molar-refractivity contribution in [3.63, 3.8) is 0 Å². The van der Waals surface area contributed by atoms with Crippen LogP contribution in [-0.4, -0.2) is 11.9 Å². The average Bonchev–Trinajstić information content (AvgIpc) is 2.97. The van der Waals surface area contributed by atoms with Crippen molar-refractivity contribution in [1.82, 2.24) is 5.43 Å². The summed E-state index contributed by atoms with van der Waals surface area (Å²) in [4.78, 5) is 14.9. The van der Waals surface area contributed by atoms with E-state index in [1.165, 1.54) is 22.6 Å². The number of nitrogens with two attached hydrogens (primary N) is 1. The van der Waals surface area contributed by atoms with E-state index in [1.807, 2.05) is 11.4 Å². The minimum atomic E-state index is -0.210. The zero-order chi connectivity index (χ0) is 14.8. The molecule has 2 aromatic rings. The van der Waals surface area contributed by atoms with Crippen molar-refractivity contribution in [3.05, 3.63) is 51.7 Å². The third kappa shape index (κ3) is 2.66. The molecule has 1 aliphatic rings. The van der Waals surface area contributed by atoms with Crippen LogP contribution in [0.15, 0.2) is 35.7 Å². The Balaban J connectivity index is 1.91. The maximum absolute atomic E-state index is 11.8. The number of hydrogen-bond acceptors (Lipinski definition) is 4. The predicted molar refractivity (Wildman–Crippen MR) is 86.4 cm³/mol. The maximum Gasteiger partial charge on any atom is 0.275 e. The van der Waals surface area contributed by atoms with E-state index < -0.39 is 0 Å². The first-order chi connectivity index (χ1) is 10.2. The van der Waals surface area contributed by atoms with E-state index in [1.54, 1.807) is 0 Å². The first-order valence-corrected chi connectivity index (χ1v) is 8.00. The van der Waals surface area contributed by atoms with Crippen LogP contribution in [0.25, 0.3) is 0 Å². The number of carbonyl (C=O) groups excluding carboxylic acids is 1. The van der Waals surface area contributed by atoms with Gasteiger partial charge in [-0.1, -0.05) is 18.2 Å². The third-order valence-corrected chi connectivity index (χ3v) is 5.04. The average molecular weight is 301 g/mol. The van der Waals surface area contributed by atoms with Gasteiger partial charge in [-0.15, -0.1) is 11.3 Å². The number of anilines is 1. The van der Waals surface area contributed by atoms with E-state index in [0.29, 0.717) is 10.9 Å². The first-order valence-electron chi connectivity index (χ1n) is 7.12. The summed E-state index contributed by atoms with van der Waals surface area (Å²) in [6.45, 7) is 2.98. The van der Waals surface area contributed by atoms with Crippen LogP contribution in [0.4, 0.5) is 5.69 Å². The van der Waals surface area contributed by atoms with Gasteiger partial charge in [0.05, 0.1) is 4.88 Å². The molecular formula is C16H19N3OS. The van der Waals surface area contributed by atoms with Crippen molar-refractivity contribution in [2.75, 3.05) is 4.90 Å². The lowest BCUT2D eigenvalue weighted by atomic mass is 9.96.